The highest BCUT2D eigenvalue weighted by atomic mass is 16.5. The number of rotatable bonds is 7. The molecule has 2 aromatic heterocycles. The lowest BCUT2D eigenvalue weighted by Crippen LogP contribution is -2.30. The SMILES string of the molecule is COc1ccc(OC)c(C2CCCN2C(=O)c2cccc(OCc3cn4ccccc4n3)c2)c1. The molecule has 1 aliphatic rings. The van der Waals surface area contributed by atoms with Crippen molar-refractivity contribution in [2.45, 2.75) is 25.5 Å². The van der Waals surface area contributed by atoms with Gasteiger partial charge in [-0.2, -0.15) is 0 Å². The summed E-state index contributed by atoms with van der Waals surface area (Å²) in [6.45, 7) is 1.02. The fraction of sp³-hybridized carbons (Fsp3) is 0.259. The van der Waals surface area contributed by atoms with Crippen LogP contribution in [-0.2, 0) is 6.61 Å². The smallest absolute Gasteiger partial charge is 0.254 e. The molecular weight excluding hydrogens is 430 g/mol. The maximum atomic E-state index is 13.5. The van der Waals surface area contributed by atoms with E-state index in [0.29, 0.717) is 24.5 Å². The van der Waals surface area contributed by atoms with Crippen LogP contribution in [0.1, 0.15) is 40.5 Å². The van der Waals surface area contributed by atoms with Crippen molar-refractivity contribution >= 4 is 11.6 Å². The van der Waals surface area contributed by atoms with Crippen molar-refractivity contribution in [3.8, 4) is 17.2 Å². The zero-order valence-electron chi connectivity index (χ0n) is 19.3. The Kier molecular flexibility index (Phi) is 6.08. The van der Waals surface area contributed by atoms with Crippen molar-refractivity contribution in [1.29, 1.82) is 0 Å². The Labute approximate surface area is 198 Å². The molecule has 4 aromatic rings. The first-order chi connectivity index (χ1) is 16.7. The number of hydrogen-bond donors (Lipinski definition) is 0. The minimum Gasteiger partial charge on any atom is -0.497 e. The summed E-state index contributed by atoms with van der Waals surface area (Å²) in [4.78, 5) is 20.0. The van der Waals surface area contributed by atoms with Crippen LogP contribution >= 0.6 is 0 Å². The van der Waals surface area contributed by atoms with Gasteiger partial charge < -0.3 is 23.5 Å². The summed E-state index contributed by atoms with van der Waals surface area (Å²) in [5.74, 6) is 2.12. The first-order valence-electron chi connectivity index (χ1n) is 11.3. The molecule has 0 aliphatic carbocycles. The van der Waals surface area contributed by atoms with E-state index in [9.17, 15) is 4.79 Å². The summed E-state index contributed by atoms with van der Waals surface area (Å²) in [5.41, 5.74) is 3.26. The number of hydrogen-bond acceptors (Lipinski definition) is 5. The topological polar surface area (TPSA) is 65.3 Å². The molecule has 34 heavy (non-hydrogen) atoms. The number of pyridine rings is 1. The van der Waals surface area contributed by atoms with Crippen molar-refractivity contribution in [3.05, 3.63) is 89.9 Å². The normalized spacial score (nSPS) is 15.5. The average Bonchev–Trinajstić information content (AvgIpc) is 3.54. The molecule has 0 N–H and O–H groups in total. The molecule has 7 heteroatoms. The second-order valence-corrected chi connectivity index (χ2v) is 8.28. The number of aromatic nitrogens is 2. The highest BCUT2D eigenvalue weighted by Gasteiger charge is 2.33. The number of amides is 1. The molecule has 2 aromatic carbocycles. The molecule has 5 rings (SSSR count). The lowest BCUT2D eigenvalue weighted by molar-refractivity contribution is 0.0733. The van der Waals surface area contributed by atoms with Gasteiger partial charge in [-0.25, -0.2) is 4.98 Å². The number of benzene rings is 2. The van der Waals surface area contributed by atoms with Gasteiger partial charge in [-0.1, -0.05) is 12.1 Å². The van der Waals surface area contributed by atoms with Crippen molar-refractivity contribution in [1.82, 2.24) is 14.3 Å². The fourth-order valence-corrected chi connectivity index (χ4v) is 4.53. The summed E-state index contributed by atoms with van der Waals surface area (Å²) in [6.07, 6.45) is 5.70. The predicted octanol–water partition coefficient (Wildman–Crippen LogP) is 4.91. The Balaban J connectivity index is 1.34. The molecule has 7 nitrogen and oxygen atoms in total. The first-order valence-corrected chi connectivity index (χ1v) is 11.3. The van der Waals surface area contributed by atoms with E-state index in [0.717, 1.165) is 41.2 Å². The summed E-state index contributed by atoms with van der Waals surface area (Å²) < 4.78 is 18.9. The maximum Gasteiger partial charge on any atom is 0.254 e. The number of likely N-dealkylation sites (tertiary alicyclic amines) is 1. The summed E-state index contributed by atoms with van der Waals surface area (Å²) >= 11 is 0. The zero-order valence-corrected chi connectivity index (χ0v) is 19.3. The maximum absolute atomic E-state index is 13.5. The van der Waals surface area contributed by atoms with Crippen LogP contribution in [0.5, 0.6) is 17.2 Å². The third-order valence-corrected chi connectivity index (χ3v) is 6.19. The second kappa shape index (κ2) is 9.47. The van der Waals surface area contributed by atoms with Crippen LogP contribution in [0.15, 0.2) is 73.1 Å². The first kappa shape index (κ1) is 21.8. The van der Waals surface area contributed by atoms with Gasteiger partial charge in [0.25, 0.3) is 5.91 Å². The molecule has 1 aliphatic heterocycles. The van der Waals surface area contributed by atoms with E-state index in [1.54, 1.807) is 20.3 Å². The molecule has 174 valence electrons. The number of nitrogens with zero attached hydrogens (tertiary/aromatic N) is 3. The molecule has 0 saturated carbocycles. The second-order valence-electron chi connectivity index (χ2n) is 8.28. The minimum atomic E-state index is -0.0694. The molecule has 0 radical (unpaired) electrons. The number of carbonyl (C=O) groups is 1. The van der Waals surface area contributed by atoms with Gasteiger partial charge in [0.1, 0.15) is 29.5 Å². The highest BCUT2D eigenvalue weighted by Crippen LogP contribution is 2.39. The Morgan fingerprint density at radius 1 is 1.03 bits per heavy atom. The molecule has 1 amide bonds. The van der Waals surface area contributed by atoms with Crippen molar-refractivity contribution < 1.29 is 19.0 Å². The number of ether oxygens (including phenoxy) is 3. The van der Waals surface area contributed by atoms with E-state index in [2.05, 4.69) is 4.98 Å². The lowest BCUT2D eigenvalue weighted by atomic mass is 10.0. The molecular formula is C27H27N3O4. The fourth-order valence-electron chi connectivity index (χ4n) is 4.53. The van der Waals surface area contributed by atoms with Gasteiger partial charge in [0.05, 0.1) is 26.0 Å². The van der Waals surface area contributed by atoms with E-state index in [4.69, 9.17) is 14.2 Å². The van der Waals surface area contributed by atoms with Crippen LogP contribution < -0.4 is 14.2 Å². The summed E-state index contributed by atoms with van der Waals surface area (Å²) in [5, 5.41) is 0. The Morgan fingerprint density at radius 2 is 1.94 bits per heavy atom. The van der Waals surface area contributed by atoms with Crippen molar-refractivity contribution in [2.75, 3.05) is 20.8 Å². The minimum absolute atomic E-state index is 0.0226. The average molecular weight is 458 g/mol. The number of imidazole rings is 1. The molecule has 1 fully saturated rings. The van der Waals surface area contributed by atoms with Crippen LogP contribution in [0.4, 0.5) is 0 Å². The van der Waals surface area contributed by atoms with Gasteiger partial charge in [-0.05, 0) is 61.4 Å². The molecule has 1 atom stereocenters. The van der Waals surface area contributed by atoms with Gasteiger partial charge in [0.15, 0.2) is 0 Å². The van der Waals surface area contributed by atoms with Gasteiger partial charge in [0, 0.05) is 30.1 Å². The van der Waals surface area contributed by atoms with Crippen molar-refractivity contribution in [2.24, 2.45) is 0 Å². The van der Waals surface area contributed by atoms with Gasteiger partial charge in [0.2, 0.25) is 0 Å². The largest absolute Gasteiger partial charge is 0.497 e. The van der Waals surface area contributed by atoms with Gasteiger partial charge >= 0.3 is 0 Å². The van der Waals surface area contributed by atoms with Crippen LogP contribution in [0.3, 0.4) is 0 Å². The number of carbonyl (C=O) groups excluding carboxylic acids is 1. The molecule has 0 spiro atoms. The quantitative estimate of drug-likeness (QED) is 0.395. The van der Waals surface area contributed by atoms with E-state index in [1.165, 1.54) is 0 Å². The van der Waals surface area contributed by atoms with Gasteiger partial charge in [-0.15, -0.1) is 0 Å². The molecule has 1 saturated heterocycles. The standard InChI is InChI=1S/C27H27N3O4/c1-32-21-11-12-25(33-2)23(16-21)24-9-6-14-30(24)27(31)19-7-5-8-22(15-19)34-18-20-17-29-13-4-3-10-26(29)28-20/h3-5,7-8,10-13,15-17,24H,6,9,14,18H2,1-2H3. The number of methoxy groups -OCH3 is 2. The Morgan fingerprint density at radius 3 is 2.76 bits per heavy atom. The predicted molar refractivity (Wildman–Crippen MR) is 129 cm³/mol. The van der Waals surface area contributed by atoms with E-state index >= 15 is 0 Å². The van der Waals surface area contributed by atoms with E-state index in [1.807, 2.05) is 76.3 Å². The van der Waals surface area contributed by atoms with Crippen LogP contribution in [-0.4, -0.2) is 41.0 Å². The zero-order chi connectivity index (χ0) is 23.5. The van der Waals surface area contributed by atoms with Crippen LogP contribution in [0.25, 0.3) is 5.65 Å². The molecule has 3 heterocycles. The third-order valence-electron chi connectivity index (χ3n) is 6.19. The summed E-state index contributed by atoms with van der Waals surface area (Å²) in [6, 6.07) is 18.9. The Bertz CT molecular complexity index is 1280. The third kappa shape index (κ3) is 4.29. The molecule has 0 bridgehead atoms. The Hall–Kier alpha value is -4.00. The lowest BCUT2D eigenvalue weighted by Gasteiger charge is -2.27. The van der Waals surface area contributed by atoms with E-state index < -0.39 is 0 Å². The monoisotopic (exact) mass is 457 g/mol. The van der Waals surface area contributed by atoms with Crippen LogP contribution in [0, 0.1) is 0 Å². The number of fused-ring (bicyclic) bond motifs is 1. The van der Waals surface area contributed by atoms with Gasteiger partial charge in [-0.3, -0.25) is 4.79 Å². The van der Waals surface area contributed by atoms with Crippen molar-refractivity contribution in [3.63, 3.8) is 0 Å². The highest BCUT2D eigenvalue weighted by molar-refractivity contribution is 5.95. The summed E-state index contributed by atoms with van der Waals surface area (Å²) in [7, 11) is 3.29. The van der Waals surface area contributed by atoms with E-state index in [-0.39, 0.29) is 11.9 Å². The molecule has 1 unspecified atom stereocenters. The van der Waals surface area contributed by atoms with Crippen LogP contribution in [0.2, 0.25) is 0 Å².